The van der Waals surface area contributed by atoms with Gasteiger partial charge < -0.3 is 9.58 Å². The molecule has 3 heteroatoms. The Labute approximate surface area is 97.9 Å². The van der Waals surface area contributed by atoms with Crippen molar-refractivity contribution in [2.24, 2.45) is 0 Å². The minimum Gasteiger partial charge on any atom is -0.377 e. The number of hydrogen-bond donors (Lipinski definition) is 0. The summed E-state index contributed by atoms with van der Waals surface area (Å²) >= 11 is 0. The van der Waals surface area contributed by atoms with Crippen LogP contribution in [0.4, 0.5) is 0 Å². The number of ether oxygens (including phenoxy) is 1. The van der Waals surface area contributed by atoms with Crippen LogP contribution in [-0.4, -0.2) is 42.3 Å². The second-order valence-corrected chi connectivity index (χ2v) is 5.25. The first-order valence-electron chi connectivity index (χ1n) is 5.98. The summed E-state index contributed by atoms with van der Waals surface area (Å²) in [6.07, 6.45) is 2.16. The molecule has 0 aromatic carbocycles. The van der Waals surface area contributed by atoms with Gasteiger partial charge in [0.15, 0.2) is 0 Å². The van der Waals surface area contributed by atoms with Gasteiger partial charge in [0.05, 0.1) is 12.7 Å². The molecule has 2 fully saturated rings. The van der Waals surface area contributed by atoms with Crippen molar-refractivity contribution in [2.45, 2.75) is 44.4 Å². The fourth-order valence-corrected chi connectivity index (χ4v) is 2.94. The average molecular weight is 220 g/mol. The molecule has 0 unspecified atom stereocenters. The van der Waals surface area contributed by atoms with Gasteiger partial charge in [0, 0.05) is 19.5 Å². The predicted molar refractivity (Wildman–Crippen MR) is 64.2 cm³/mol. The average Bonchev–Trinajstić information content (AvgIpc) is 2.69. The Morgan fingerprint density at radius 2 is 2.44 bits per heavy atom. The fourth-order valence-electron chi connectivity index (χ4n) is 2.94. The summed E-state index contributed by atoms with van der Waals surface area (Å²) in [4.78, 5) is 6.21. The van der Waals surface area contributed by atoms with Gasteiger partial charge in [0.1, 0.15) is 5.54 Å². The maximum Gasteiger partial charge on any atom is 0.245 e. The van der Waals surface area contributed by atoms with Crippen LogP contribution in [0, 0.1) is 6.57 Å². The summed E-state index contributed by atoms with van der Waals surface area (Å²) in [6.45, 7) is 18.2. The second-order valence-electron chi connectivity index (χ2n) is 5.25. The Hall–Kier alpha value is -0.850. The van der Waals surface area contributed by atoms with Crippen LogP contribution in [0.25, 0.3) is 4.85 Å². The lowest BCUT2D eigenvalue weighted by atomic mass is 9.89. The molecule has 0 aromatic rings. The number of rotatable bonds is 3. The topological polar surface area (TPSA) is 16.8 Å². The molecule has 2 atom stereocenters. The number of nitrogens with zero attached hydrogens (tertiary/aromatic N) is 2. The molecule has 0 amide bonds. The lowest BCUT2D eigenvalue weighted by Gasteiger charge is -2.31. The van der Waals surface area contributed by atoms with Crippen molar-refractivity contribution in [1.29, 1.82) is 0 Å². The molecule has 88 valence electrons. The smallest absolute Gasteiger partial charge is 0.245 e. The van der Waals surface area contributed by atoms with Crippen molar-refractivity contribution in [1.82, 2.24) is 4.90 Å². The van der Waals surface area contributed by atoms with Gasteiger partial charge in [-0.15, -0.1) is 0 Å². The van der Waals surface area contributed by atoms with Gasteiger partial charge in [-0.1, -0.05) is 12.2 Å². The van der Waals surface area contributed by atoms with Crippen molar-refractivity contribution < 1.29 is 4.74 Å². The van der Waals surface area contributed by atoms with Crippen molar-refractivity contribution in [2.75, 3.05) is 19.7 Å². The monoisotopic (exact) mass is 220 g/mol. The molecule has 0 saturated carbocycles. The molecule has 0 aromatic heterocycles. The molecule has 0 N–H and O–H groups in total. The van der Waals surface area contributed by atoms with Gasteiger partial charge in [0.25, 0.3) is 0 Å². The van der Waals surface area contributed by atoms with Crippen molar-refractivity contribution in [3.8, 4) is 0 Å². The van der Waals surface area contributed by atoms with Crippen LogP contribution in [0.5, 0.6) is 0 Å². The molecule has 16 heavy (non-hydrogen) atoms. The van der Waals surface area contributed by atoms with E-state index < -0.39 is 0 Å². The molecule has 0 spiro atoms. The van der Waals surface area contributed by atoms with Crippen molar-refractivity contribution in [3.05, 3.63) is 23.6 Å². The van der Waals surface area contributed by atoms with Crippen LogP contribution in [0.1, 0.15) is 26.7 Å². The minimum absolute atomic E-state index is 0.0664. The minimum atomic E-state index is -0.0664. The second kappa shape index (κ2) is 4.20. The highest BCUT2D eigenvalue weighted by atomic mass is 16.5. The maximum absolute atomic E-state index is 7.34. The first kappa shape index (κ1) is 11.6. The quantitative estimate of drug-likeness (QED) is 0.535. The lowest BCUT2D eigenvalue weighted by molar-refractivity contribution is 0.00145. The SMILES string of the molecule is [C-]#[N+][C@@H]1CCN2CC(=C)C[C@]12COC(C)C. The fraction of sp³-hybridized carbons (Fsp3) is 0.769. The van der Waals surface area contributed by atoms with E-state index in [-0.39, 0.29) is 17.7 Å². The van der Waals surface area contributed by atoms with E-state index in [2.05, 4.69) is 16.3 Å². The third-order valence-corrected chi connectivity index (χ3v) is 3.72. The summed E-state index contributed by atoms with van der Waals surface area (Å²) in [5.74, 6) is 0. The zero-order chi connectivity index (χ0) is 11.8. The summed E-state index contributed by atoms with van der Waals surface area (Å²) in [6, 6.07) is 0.0884. The van der Waals surface area contributed by atoms with Gasteiger partial charge in [-0.2, -0.15) is 0 Å². The molecule has 2 aliphatic heterocycles. The highest BCUT2D eigenvalue weighted by molar-refractivity contribution is 5.24. The first-order chi connectivity index (χ1) is 7.58. The molecule has 3 nitrogen and oxygen atoms in total. The maximum atomic E-state index is 7.34. The molecule has 2 rings (SSSR count). The highest BCUT2D eigenvalue weighted by Gasteiger charge is 2.57. The first-order valence-corrected chi connectivity index (χ1v) is 5.98. The van der Waals surface area contributed by atoms with E-state index in [1.54, 1.807) is 0 Å². The molecular formula is C13H20N2O. The normalized spacial score (nSPS) is 34.4. The summed E-state index contributed by atoms with van der Waals surface area (Å²) < 4.78 is 5.78. The molecule has 2 aliphatic rings. The molecule has 0 aliphatic carbocycles. The van der Waals surface area contributed by atoms with E-state index in [0.717, 1.165) is 25.9 Å². The van der Waals surface area contributed by atoms with Crippen LogP contribution in [0.15, 0.2) is 12.2 Å². The predicted octanol–water partition coefficient (Wildman–Crippen LogP) is 2.10. The Kier molecular flexibility index (Phi) is 3.05. The Bertz CT molecular complexity index is 331. The lowest BCUT2D eigenvalue weighted by Crippen LogP contribution is -2.49. The highest BCUT2D eigenvalue weighted by Crippen LogP contribution is 2.42. The molecular weight excluding hydrogens is 200 g/mol. The van der Waals surface area contributed by atoms with E-state index in [4.69, 9.17) is 11.3 Å². The van der Waals surface area contributed by atoms with E-state index in [1.807, 2.05) is 13.8 Å². The third kappa shape index (κ3) is 1.77. The summed E-state index contributed by atoms with van der Waals surface area (Å²) in [5.41, 5.74) is 1.18. The standard InChI is InChI=1S/C13H20N2O/c1-10(2)16-9-13-7-11(3)8-15(13)6-5-12(13)14-4/h10,12H,3,5-9H2,1-2H3/t12-,13+/m1/s1. The van der Waals surface area contributed by atoms with Crippen LogP contribution >= 0.6 is 0 Å². The van der Waals surface area contributed by atoms with Gasteiger partial charge >= 0.3 is 0 Å². The third-order valence-electron chi connectivity index (χ3n) is 3.72. The van der Waals surface area contributed by atoms with Gasteiger partial charge in [-0.05, 0) is 20.3 Å². The van der Waals surface area contributed by atoms with Gasteiger partial charge in [0.2, 0.25) is 6.04 Å². The zero-order valence-corrected chi connectivity index (χ0v) is 10.2. The van der Waals surface area contributed by atoms with Crippen LogP contribution in [-0.2, 0) is 4.74 Å². The van der Waals surface area contributed by atoms with Gasteiger partial charge in [-0.25, -0.2) is 6.57 Å². The van der Waals surface area contributed by atoms with E-state index in [1.165, 1.54) is 5.57 Å². The summed E-state index contributed by atoms with van der Waals surface area (Å²) in [5, 5.41) is 0. The van der Waals surface area contributed by atoms with Gasteiger partial charge in [-0.3, -0.25) is 4.90 Å². The zero-order valence-electron chi connectivity index (χ0n) is 10.2. The van der Waals surface area contributed by atoms with Crippen molar-refractivity contribution in [3.63, 3.8) is 0 Å². The molecule has 2 heterocycles. The van der Waals surface area contributed by atoms with E-state index in [0.29, 0.717) is 6.61 Å². The van der Waals surface area contributed by atoms with Crippen LogP contribution in [0.3, 0.4) is 0 Å². The number of fused-ring (bicyclic) bond motifs is 1. The largest absolute Gasteiger partial charge is 0.377 e. The molecule has 0 radical (unpaired) electrons. The van der Waals surface area contributed by atoms with Crippen LogP contribution in [0.2, 0.25) is 0 Å². The Morgan fingerprint density at radius 3 is 3.06 bits per heavy atom. The van der Waals surface area contributed by atoms with Crippen molar-refractivity contribution >= 4 is 0 Å². The molecule has 2 saturated heterocycles. The molecule has 0 bridgehead atoms. The summed E-state index contributed by atoms with van der Waals surface area (Å²) in [7, 11) is 0. The van der Waals surface area contributed by atoms with E-state index >= 15 is 0 Å². The Morgan fingerprint density at radius 1 is 1.69 bits per heavy atom. The van der Waals surface area contributed by atoms with E-state index in [9.17, 15) is 0 Å². The Balaban J connectivity index is 2.17. The number of hydrogen-bond acceptors (Lipinski definition) is 2. The van der Waals surface area contributed by atoms with Crippen LogP contribution < -0.4 is 0 Å².